The van der Waals surface area contributed by atoms with Crippen molar-refractivity contribution in [1.29, 1.82) is 0 Å². The molecule has 1 unspecified atom stereocenters. The van der Waals surface area contributed by atoms with Crippen LogP contribution >= 0.6 is 11.6 Å². The summed E-state index contributed by atoms with van der Waals surface area (Å²) in [6.07, 6.45) is 0. The summed E-state index contributed by atoms with van der Waals surface area (Å²) in [6.45, 7) is 2.49. The molecule has 4 heteroatoms. The summed E-state index contributed by atoms with van der Waals surface area (Å²) in [4.78, 5) is 0. The lowest BCUT2D eigenvalue weighted by atomic mass is 10.1. The predicted octanol–water partition coefficient (Wildman–Crippen LogP) is 3.79. The second-order valence-corrected chi connectivity index (χ2v) is 4.53. The molecule has 2 aromatic rings. The minimum atomic E-state index is 0.0367. The monoisotopic (exact) mass is 249 g/mol. The number of furan rings is 1. The van der Waals surface area contributed by atoms with Crippen molar-refractivity contribution in [2.75, 3.05) is 11.9 Å². The Balaban J connectivity index is 1.89. The van der Waals surface area contributed by atoms with Crippen molar-refractivity contribution in [3.05, 3.63) is 46.9 Å². The average Bonchev–Trinajstić information content (AvgIpc) is 2.75. The van der Waals surface area contributed by atoms with Crippen molar-refractivity contribution >= 4 is 17.3 Å². The first kappa shape index (κ1) is 10.5. The highest BCUT2D eigenvalue weighted by molar-refractivity contribution is 6.30. The van der Waals surface area contributed by atoms with Gasteiger partial charge in [-0.2, -0.15) is 0 Å². The molecule has 0 aliphatic carbocycles. The van der Waals surface area contributed by atoms with E-state index in [0.29, 0.717) is 11.6 Å². The highest BCUT2D eigenvalue weighted by Crippen LogP contribution is 2.35. The van der Waals surface area contributed by atoms with Crippen molar-refractivity contribution in [3.63, 3.8) is 0 Å². The van der Waals surface area contributed by atoms with Gasteiger partial charge in [0.1, 0.15) is 29.9 Å². The van der Waals surface area contributed by atoms with Gasteiger partial charge in [-0.05, 0) is 37.3 Å². The highest BCUT2D eigenvalue weighted by atomic mass is 35.5. The molecule has 17 heavy (non-hydrogen) atoms. The lowest BCUT2D eigenvalue weighted by Crippen LogP contribution is -2.23. The third kappa shape index (κ3) is 1.98. The molecular weight excluding hydrogens is 238 g/mol. The van der Waals surface area contributed by atoms with E-state index < -0.39 is 0 Å². The van der Waals surface area contributed by atoms with Crippen molar-refractivity contribution in [2.24, 2.45) is 0 Å². The van der Waals surface area contributed by atoms with Crippen LogP contribution in [0.3, 0.4) is 0 Å². The average molecular weight is 250 g/mol. The summed E-state index contributed by atoms with van der Waals surface area (Å²) in [5, 5.41) is 4.06. The van der Waals surface area contributed by atoms with Gasteiger partial charge < -0.3 is 14.5 Å². The van der Waals surface area contributed by atoms with Crippen LogP contribution in [0.25, 0.3) is 0 Å². The highest BCUT2D eigenvalue weighted by Gasteiger charge is 2.22. The Kier molecular flexibility index (Phi) is 2.48. The Hall–Kier alpha value is -1.61. The van der Waals surface area contributed by atoms with Gasteiger partial charge in [0.05, 0.1) is 5.69 Å². The Labute approximate surface area is 104 Å². The van der Waals surface area contributed by atoms with Crippen LogP contribution in [0.15, 0.2) is 34.7 Å². The summed E-state index contributed by atoms with van der Waals surface area (Å²) in [6, 6.07) is 9.50. The standard InChI is InChI=1S/C13H12ClNO2/c1-8-2-4-13(17-8)11-7-16-12-5-3-9(14)6-10(12)15-11/h2-6,11,15H,7H2,1H3. The predicted molar refractivity (Wildman–Crippen MR) is 66.8 cm³/mol. The van der Waals surface area contributed by atoms with Gasteiger partial charge >= 0.3 is 0 Å². The molecule has 0 radical (unpaired) electrons. The largest absolute Gasteiger partial charge is 0.489 e. The SMILES string of the molecule is Cc1ccc(C2COc3ccc(Cl)cc3N2)o1. The van der Waals surface area contributed by atoms with Crippen LogP contribution in [0.5, 0.6) is 5.75 Å². The molecule has 0 spiro atoms. The molecule has 0 amide bonds. The summed E-state index contributed by atoms with van der Waals surface area (Å²) in [5.41, 5.74) is 0.905. The molecular formula is C13H12ClNO2. The van der Waals surface area contributed by atoms with E-state index in [4.69, 9.17) is 20.8 Å². The van der Waals surface area contributed by atoms with E-state index in [1.54, 1.807) is 0 Å². The van der Waals surface area contributed by atoms with Crippen LogP contribution in [0.4, 0.5) is 5.69 Å². The van der Waals surface area contributed by atoms with E-state index >= 15 is 0 Å². The number of rotatable bonds is 1. The maximum absolute atomic E-state index is 5.96. The topological polar surface area (TPSA) is 34.4 Å². The molecule has 0 fully saturated rings. The van der Waals surface area contributed by atoms with Crippen molar-refractivity contribution in [2.45, 2.75) is 13.0 Å². The van der Waals surface area contributed by atoms with Crippen LogP contribution < -0.4 is 10.1 Å². The molecule has 0 saturated heterocycles. The fourth-order valence-corrected chi connectivity index (χ4v) is 2.11. The van der Waals surface area contributed by atoms with Crippen molar-refractivity contribution < 1.29 is 9.15 Å². The Bertz CT molecular complexity index is 550. The fraction of sp³-hybridized carbons (Fsp3) is 0.231. The van der Waals surface area contributed by atoms with Gasteiger partial charge in [0, 0.05) is 5.02 Å². The van der Waals surface area contributed by atoms with E-state index in [2.05, 4.69) is 5.32 Å². The van der Waals surface area contributed by atoms with Gasteiger partial charge in [-0.1, -0.05) is 11.6 Å². The van der Waals surface area contributed by atoms with Gasteiger partial charge in [0.2, 0.25) is 0 Å². The molecule has 0 saturated carbocycles. The van der Waals surface area contributed by atoms with E-state index in [-0.39, 0.29) is 6.04 Å². The minimum absolute atomic E-state index is 0.0367. The first-order valence-electron chi connectivity index (χ1n) is 5.47. The zero-order valence-electron chi connectivity index (χ0n) is 9.37. The van der Waals surface area contributed by atoms with Crippen LogP contribution in [0.2, 0.25) is 5.02 Å². The molecule has 3 rings (SSSR count). The van der Waals surface area contributed by atoms with E-state index in [9.17, 15) is 0 Å². The Morgan fingerprint density at radius 3 is 2.94 bits per heavy atom. The zero-order chi connectivity index (χ0) is 11.8. The van der Waals surface area contributed by atoms with Gasteiger partial charge in [-0.25, -0.2) is 0 Å². The lowest BCUT2D eigenvalue weighted by Gasteiger charge is -2.26. The number of ether oxygens (including phenoxy) is 1. The van der Waals surface area contributed by atoms with Gasteiger partial charge in [-0.15, -0.1) is 0 Å². The van der Waals surface area contributed by atoms with Gasteiger partial charge in [0.25, 0.3) is 0 Å². The van der Waals surface area contributed by atoms with E-state index in [1.165, 1.54) is 0 Å². The number of hydrogen-bond donors (Lipinski definition) is 1. The number of hydrogen-bond acceptors (Lipinski definition) is 3. The molecule has 1 atom stereocenters. The summed E-state index contributed by atoms with van der Waals surface area (Å²) in [7, 11) is 0. The molecule has 1 aliphatic heterocycles. The number of nitrogens with one attached hydrogen (secondary N) is 1. The second-order valence-electron chi connectivity index (χ2n) is 4.10. The smallest absolute Gasteiger partial charge is 0.142 e. The summed E-state index contributed by atoms with van der Waals surface area (Å²) >= 11 is 5.96. The van der Waals surface area contributed by atoms with Crippen molar-refractivity contribution in [3.8, 4) is 5.75 Å². The molecule has 3 nitrogen and oxygen atoms in total. The maximum Gasteiger partial charge on any atom is 0.142 e. The number of anilines is 1. The quantitative estimate of drug-likeness (QED) is 0.835. The van der Waals surface area contributed by atoms with E-state index in [1.807, 2.05) is 37.3 Å². The molecule has 1 aromatic carbocycles. The van der Waals surface area contributed by atoms with Crippen LogP contribution in [-0.2, 0) is 0 Å². The molecule has 88 valence electrons. The fourth-order valence-electron chi connectivity index (χ4n) is 1.94. The first-order valence-corrected chi connectivity index (χ1v) is 5.85. The molecule has 1 aliphatic rings. The van der Waals surface area contributed by atoms with Crippen LogP contribution in [-0.4, -0.2) is 6.61 Å². The van der Waals surface area contributed by atoms with Gasteiger partial charge in [-0.3, -0.25) is 0 Å². The lowest BCUT2D eigenvalue weighted by molar-refractivity contribution is 0.268. The summed E-state index contributed by atoms with van der Waals surface area (Å²) in [5.74, 6) is 2.61. The molecule has 0 bridgehead atoms. The van der Waals surface area contributed by atoms with Crippen molar-refractivity contribution in [1.82, 2.24) is 0 Å². The number of aryl methyl sites for hydroxylation is 1. The number of benzene rings is 1. The number of fused-ring (bicyclic) bond motifs is 1. The van der Waals surface area contributed by atoms with Crippen LogP contribution in [0.1, 0.15) is 17.6 Å². The first-order chi connectivity index (χ1) is 8.22. The molecule has 2 heterocycles. The van der Waals surface area contributed by atoms with Crippen LogP contribution in [0, 0.1) is 6.92 Å². The third-order valence-electron chi connectivity index (χ3n) is 2.78. The molecule has 1 aromatic heterocycles. The molecule has 1 N–H and O–H groups in total. The van der Waals surface area contributed by atoms with E-state index in [0.717, 1.165) is 23.0 Å². The Morgan fingerprint density at radius 2 is 2.18 bits per heavy atom. The maximum atomic E-state index is 5.96. The normalized spacial score (nSPS) is 18.1. The summed E-state index contributed by atoms with van der Waals surface area (Å²) < 4.78 is 11.3. The zero-order valence-corrected chi connectivity index (χ0v) is 10.1. The number of halogens is 1. The third-order valence-corrected chi connectivity index (χ3v) is 3.02. The Morgan fingerprint density at radius 1 is 1.29 bits per heavy atom. The van der Waals surface area contributed by atoms with Gasteiger partial charge in [0.15, 0.2) is 0 Å². The second kappa shape index (κ2) is 4.00. The minimum Gasteiger partial charge on any atom is -0.489 e.